The molecule has 2 heteroatoms. The zero-order valence-corrected chi connectivity index (χ0v) is 4.36. The van der Waals surface area contributed by atoms with Crippen LogP contribution >= 0.6 is 0 Å². The Balaban J connectivity index is 0. The molecule has 0 saturated heterocycles. The summed E-state index contributed by atoms with van der Waals surface area (Å²) in [5, 5.41) is 0. The standard InChI is InChI=1S/C4H9NO.H2/c1-4(6)5(2)3;/h1-3H3;1H. The van der Waals surface area contributed by atoms with Crippen LogP contribution in [-0.2, 0) is 4.79 Å². The van der Waals surface area contributed by atoms with E-state index < -0.39 is 0 Å². The number of nitrogens with zero attached hydrogens (tertiary/aromatic N) is 1. The zero-order valence-electron chi connectivity index (χ0n) is 4.36. The average Bonchev–Trinajstić information content (AvgIpc) is 1.36. The topological polar surface area (TPSA) is 20.3 Å². The fourth-order valence-corrected chi connectivity index (χ4v) is 0. The normalized spacial score (nSPS) is 7.83. The van der Waals surface area contributed by atoms with Crippen molar-refractivity contribution in [3.63, 3.8) is 0 Å². The first-order valence-corrected chi connectivity index (χ1v) is 1.82. The van der Waals surface area contributed by atoms with Gasteiger partial charge in [-0.1, -0.05) is 0 Å². The van der Waals surface area contributed by atoms with Gasteiger partial charge in [0.05, 0.1) is 0 Å². The molecule has 0 rings (SSSR count). The molecule has 0 aliphatic rings. The minimum Gasteiger partial charge on any atom is -0.349 e. The van der Waals surface area contributed by atoms with Crippen LogP contribution in [0.2, 0.25) is 0 Å². The van der Waals surface area contributed by atoms with Gasteiger partial charge in [-0.15, -0.1) is 0 Å². The first-order valence-electron chi connectivity index (χ1n) is 1.82. The summed E-state index contributed by atoms with van der Waals surface area (Å²) in [7, 11) is 3.45. The van der Waals surface area contributed by atoms with E-state index in [1.165, 1.54) is 11.8 Å². The summed E-state index contributed by atoms with van der Waals surface area (Å²) < 4.78 is 0. The van der Waals surface area contributed by atoms with Crippen molar-refractivity contribution in [3.05, 3.63) is 0 Å². The van der Waals surface area contributed by atoms with Gasteiger partial charge in [0.1, 0.15) is 0 Å². The molecule has 0 spiro atoms. The summed E-state index contributed by atoms with van der Waals surface area (Å²) in [6.45, 7) is 1.53. The lowest BCUT2D eigenvalue weighted by molar-refractivity contribution is -0.126. The maximum atomic E-state index is 10.1. The first-order chi connectivity index (χ1) is 2.64. The highest BCUT2D eigenvalue weighted by Gasteiger charge is 1.87. The third-order valence-electron chi connectivity index (χ3n) is 0.630. The fraction of sp³-hybridized carbons (Fsp3) is 0.750. The van der Waals surface area contributed by atoms with Gasteiger partial charge in [0.15, 0.2) is 0 Å². The molecular weight excluding hydrogens is 78.0 g/mol. The number of hydrogen-bond acceptors (Lipinski definition) is 1. The molecule has 0 atom stereocenters. The second-order valence-electron chi connectivity index (χ2n) is 1.41. The lowest BCUT2D eigenvalue weighted by Gasteiger charge is -2.02. The van der Waals surface area contributed by atoms with Crippen molar-refractivity contribution < 1.29 is 6.22 Å². The highest BCUT2D eigenvalue weighted by Crippen LogP contribution is 1.69. The predicted molar refractivity (Wildman–Crippen MR) is 26.5 cm³/mol. The average molecular weight is 89.1 g/mol. The van der Waals surface area contributed by atoms with E-state index in [0.29, 0.717) is 0 Å². The molecule has 0 aromatic heterocycles. The van der Waals surface area contributed by atoms with Crippen molar-refractivity contribution in [2.45, 2.75) is 6.92 Å². The van der Waals surface area contributed by atoms with E-state index >= 15 is 0 Å². The molecule has 6 heavy (non-hydrogen) atoms. The monoisotopic (exact) mass is 89.1 g/mol. The third kappa shape index (κ3) is 1.76. The van der Waals surface area contributed by atoms with Gasteiger partial charge in [0.25, 0.3) is 0 Å². The molecule has 0 aliphatic carbocycles. The van der Waals surface area contributed by atoms with E-state index in [-0.39, 0.29) is 7.33 Å². The van der Waals surface area contributed by atoms with Crippen molar-refractivity contribution in [3.8, 4) is 0 Å². The summed E-state index contributed by atoms with van der Waals surface area (Å²) >= 11 is 0. The van der Waals surface area contributed by atoms with Crippen molar-refractivity contribution in [2.24, 2.45) is 0 Å². The van der Waals surface area contributed by atoms with Crippen LogP contribution in [0.4, 0.5) is 0 Å². The van der Waals surface area contributed by atoms with E-state index in [1.807, 2.05) is 0 Å². The van der Waals surface area contributed by atoms with Gasteiger partial charge in [0, 0.05) is 22.4 Å². The summed E-state index contributed by atoms with van der Waals surface area (Å²) in [6.07, 6.45) is 0. The number of hydrogen-bond donors (Lipinski definition) is 0. The summed E-state index contributed by atoms with van der Waals surface area (Å²) in [5.74, 6) is 0.0926. The van der Waals surface area contributed by atoms with Gasteiger partial charge in [-0.05, 0) is 0 Å². The summed E-state index contributed by atoms with van der Waals surface area (Å²) in [5.41, 5.74) is 0. The Hall–Kier alpha value is -0.530. The molecule has 0 heterocycles. The van der Waals surface area contributed by atoms with Gasteiger partial charge >= 0.3 is 0 Å². The van der Waals surface area contributed by atoms with Crippen molar-refractivity contribution in [1.29, 1.82) is 0 Å². The Morgan fingerprint density at radius 2 is 1.83 bits per heavy atom. The molecule has 1 amide bonds. The van der Waals surface area contributed by atoms with E-state index in [2.05, 4.69) is 0 Å². The van der Waals surface area contributed by atoms with E-state index in [9.17, 15) is 4.79 Å². The molecule has 0 aromatic rings. The molecule has 0 bridgehead atoms. The van der Waals surface area contributed by atoms with Crippen molar-refractivity contribution in [1.82, 2.24) is 4.90 Å². The molecule has 0 saturated carbocycles. The van der Waals surface area contributed by atoms with Gasteiger partial charge in [-0.3, -0.25) is 4.79 Å². The largest absolute Gasteiger partial charge is 0.349 e. The van der Waals surface area contributed by atoms with Crippen LogP contribution in [0.1, 0.15) is 8.35 Å². The maximum Gasteiger partial charge on any atom is 0.218 e. The molecule has 38 valence electrons. The highest BCUT2D eigenvalue weighted by atomic mass is 16.2. The van der Waals surface area contributed by atoms with E-state index in [1.54, 1.807) is 14.1 Å². The van der Waals surface area contributed by atoms with Crippen LogP contribution in [-0.4, -0.2) is 24.9 Å². The Kier molecular flexibility index (Phi) is 1.64. The molecule has 2 nitrogen and oxygen atoms in total. The quantitative estimate of drug-likeness (QED) is 0.419. The van der Waals surface area contributed by atoms with Crippen molar-refractivity contribution >= 4 is 5.91 Å². The molecule has 0 aliphatic heterocycles. The van der Waals surface area contributed by atoms with Gasteiger partial charge in [-0.25, -0.2) is 0 Å². The van der Waals surface area contributed by atoms with Crippen molar-refractivity contribution in [2.75, 3.05) is 14.1 Å². The highest BCUT2D eigenvalue weighted by molar-refractivity contribution is 5.72. The predicted octanol–water partition coefficient (Wildman–Crippen LogP) is 0.341. The molecule has 0 fully saturated rings. The van der Waals surface area contributed by atoms with E-state index in [0.717, 1.165) is 0 Å². The molecule has 0 N–H and O–H groups in total. The Morgan fingerprint density at radius 3 is 1.83 bits per heavy atom. The van der Waals surface area contributed by atoms with Gasteiger partial charge < -0.3 is 4.90 Å². The number of amides is 1. The van der Waals surface area contributed by atoms with Crippen LogP contribution in [0.25, 0.3) is 0 Å². The first kappa shape index (κ1) is 5.47. The third-order valence-corrected chi connectivity index (χ3v) is 0.630. The minimum atomic E-state index is 0. The smallest absolute Gasteiger partial charge is 0.218 e. The van der Waals surface area contributed by atoms with Gasteiger partial charge in [-0.2, -0.15) is 0 Å². The van der Waals surface area contributed by atoms with Crippen LogP contribution in [0.3, 0.4) is 0 Å². The molecular formula is C4H11NO. The Labute approximate surface area is 39.2 Å². The lowest BCUT2D eigenvalue weighted by Crippen LogP contribution is -2.17. The SMILES string of the molecule is CC(=O)N(C)C.[HH]. The molecule has 0 radical (unpaired) electrons. The summed E-state index contributed by atoms with van der Waals surface area (Å²) in [4.78, 5) is 11.6. The fourth-order valence-electron chi connectivity index (χ4n) is 0. The molecule has 0 aromatic carbocycles. The van der Waals surface area contributed by atoms with Crippen LogP contribution in [0.5, 0.6) is 0 Å². The molecule has 0 unspecified atom stereocenters. The minimum absolute atomic E-state index is 0. The van der Waals surface area contributed by atoms with Gasteiger partial charge in [0.2, 0.25) is 5.91 Å². The zero-order chi connectivity index (χ0) is 5.15. The number of carbonyl (C=O) groups is 1. The van der Waals surface area contributed by atoms with Crippen LogP contribution in [0.15, 0.2) is 0 Å². The van der Waals surface area contributed by atoms with Crippen LogP contribution < -0.4 is 0 Å². The number of rotatable bonds is 0. The lowest BCUT2D eigenvalue weighted by atomic mass is 10.7. The number of carbonyl (C=O) groups excluding carboxylic acids is 1. The summed E-state index contributed by atoms with van der Waals surface area (Å²) in [6, 6.07) is 0. The second kappa shape index (κ2) is 1.80. The second-order valence-corrected chi connectivity index (χ2v) is 1.41. The Bertz CT molecular complexity index is 62.7. The Morgan fingerprint density at radius 1 is 1.67 bits per heavy atom. The van der Waals surface area contributed by atoms with E-state index in [4.69, 9.17) is 0 Å². The van der Waals surface area contributed by atoms with Crippen LogP contribution in [0, 0.1) is 0 Å². The maximum absolute atomic E-state index is 10.1.